The second-order valence-corrected chi connectivity index (χ2v) is 9.62. The minimum Gasteiger partial charge on any atom is -0.461 e. The van der Waals surface area contributed by atoms with Crippen molar-refractivity contribution in [3.05, 3.63) is 81.5 Å². The summed E-state index contributed by atoms with van der Waals surface area (Å²) in [5.41, 5.74) is 4.74. The number of carbonyl (C=O) groups is 2. The fourth-order valence-corrected chi connectivity index (χ4v) is 4.50. The number of halogens is 2. The first-order chi connectivity index (χ1) is 18.7. The van der Waals surface area contributed by atoms with E-state index in [1.54, 1.807) is 72.4 Å². The van der Waals surface area contributed by atoms with Gasteiger partial charge in [0.25, 0.3) is 5.84 Å². The number of hydrazine groups is 1. The Kier molecular flexibility index (Phi) is 8.69. The first-order valence-electron chi connectivity index (χ1n) is 12.3. The molecule has 1 unspecified atom stereocenters. The van der Waals surface area contributed by atoms with Crippen molar-refractivity contribution in [1.82, 2.24) is 10.4 Å². The number of hydrogen-bond acceptors (Lipinski definition) is 10. The molecule has 0 saturated carbocycles. The van der Waals surface area contributed by atoms with Crippen molar-refractivity contribution < 1.29 is 19.1 Å². The van der Waals surface area contributed by atoms with Crippen LogP contribution in [0, 0.1) is 0 Å². The van der Waals surface area contributed by atoms with Gasteiger partial charge in [-0.05, 0) is 87.9 Å². The Morgan fingerprint density at radius 2 is 1.64 bits per heavy atom. The minimum atomic E-state index is -1.01. The maximum atomic E-state index is 13.0. The third-order valence-corrected chi connectivity index (χ3v) is 6.55. The van der Waals surface area contributed by atoms with Crippen LogP contribution in [0.1, 0.15) is 27.7 Å². The number of fused-ring (bicyclic) bond motifs is 1. The van der Waals surface area contributed by atoms with Gasteiger partial charge in [-0.2, -0.15) is 5.11 Å². The fraction of sp³-hybridized carbons (Fsp3) is 0.296. The van der Waals surface area contributed by atoms with E-state index in [9.17, 15) is 9.59 Å². The number of nitrogens with one attached hydrogen (secondary N) is 1. The van der Waals surface area contributed by atoms with Crippen molar-refractivity contribution in [1.29, 1.82) is 0 Å². The highest BCUT2D eigenvalue weighted by atomic mass is 35.5. The number of amidine groups is 1. The average Bonchev–Trinajstić information content (AvgIpc) is 3.11. The standard InChI is InChI=1S/C27H28Cl2N6O4/c1-5-38-25(36)23(32-31-20-11-7-18(28)8-12-20)22-16-30-35-24(26(37)39-6-2)33-34(27(35,4)15-17(22)3)21-13-9-19(29)10-14-21/h7-15,30H,5-6,16H2,1-4H3/b23-22+,32-31?. The van der Waals surface area contributed by atoms with Crippen molar-refractivity contribution in [3.63, 3.8) is 0 Å². The Bertz CT molecular complexity index is 1370. The molecular formula is C27H28Cl2N6O4. The molecule has 2 aliphatic rings. The normalized spacial score (nSPS) is 20.3. The number of carbonyl (C=O) groups excluding carboxylic acids is 2. The Hall–Kier alpha value is -3.73. The van der Waals surface area contributed by atoms with Crippen LogP contribution in [0.5, 0.6) is 0 Å². The Morgan fingerprint density at radius 1 is 1.03 bits per heavy atom. The summed E-state index contributed by atoms with van der Waals surface area (Å²) in [4.78, 5) is 26.0. The summed E-state index contributed by atoms with van der Waals surface area (Å²) in [6, 6.07) is 13.8. The fourth-order valence-electron chi connectivity index (χ4n) is 4.24. The van der Waals surface area contributed by atoms with Gasteiger partial charge in [0.2, 0.25) is 0 Å². The summed E-state index contributed by atoms with van der Waals surface area (Å²) < 4.78 is 10.6. The number of hydrazone groups is 1. The molecule has 1 atom stereocenters. The topological polar surface area (TPSA) is 108 Å². The van der Waals surface area contributed by atoms with Crippen molar-refractivity contribution >= 4 is 52.4 Å². The molecular weight excluding hydrogens is 543 g/mol. The van der Waals surface area contributed by atoms with Crippen molar-refractivity contribution in [2.75, 3.05) is 24.8 Å². The van der Waals surface area contributed by atoms with Crippen molar-refractivity contribution in [2.24, 2.45) is 15.3 Å². The number of azo groups is 1. The molecule has 0 fully saturated rings. The maximum absolute atomic E-state index is 13.0. The van der Waals surface area contributed by atoms with Crippen LogP contribution in [0.3, 0.4) is 0 Å². The van der Waals surface area contributed by atoms with Crippen LogP contribution in [-0.4, -0.2) is 48.2 Å². The molecule has 204 valence electrons. The molecule has 0 saturated heterocycles. The number of ether oxygens (including phenoxy) is 2. The lowest BCUT2D eigenvalue weighted by Gasteiger charge is -2.38. The van der Waals surface area contributed by atoms with E-state index >= 15 is 0 Å². The molecule has 39 heavy (non-hydrogen) atoms. The van der Waals surface area contributed by atoms with E-state index in [1.807, 2.05) is 19.9 Å². The molecule has 0 spiro atoms. The number of rotatable bonds is 7. The van der Waals surface area contributed by atoms with Crippen LogP contribution in [0.25, 0.3) is 0 Å². The summed E-state index contributed by atoms with van der Waals surface area (Å²) in [5.74, 6) is -1.17. The smallest absolute Gasteiger partial charge is 0.377 e. The summed E-state index contributed by atoms with van der Waals surface area (Å²) in [6.45, 7) is 7.65. The molecule has 2 aliphatic heterocycles. The van der Waals surface area contributed by atoms with Gasteiger partial charge in [-0.1, -0.05) is 23.2 Å². The number of hydrogen-bond donors (Lipinski definition) is 1. The molecule has 2 heterocycles. The van der Waals surface area contributed by atoms with Gasteiger partial charge in [-0.15, -0.1) is 10.2 Å². The van der Waals surface area contributed by atoms with Gasteiger partial charge in [0.05, 0.1) is 24.6 Å². The zero-order valence-corrected chi connectivity index (χ0v) is 23.5. The van der Waals surface area contributed by atoms with Gasteiger partial charge in [0.1, 0.15) is 0 Å². The van der Waals surface area contributed by atoms with Crippen molar-refractivity contribution in [2.45, 2.75) is 33.4 Å². The first-order valence-corrected chi connectivity index (χ1v) is 13.1. The lowest BCUT2D eigenvalue weighted by molar-refractivity contribution is -0.139. The second kappa shape index (κ2) is 12.0. The summed E-state index contributed by atoms with van der Waals surface area (Å²) >= 11 is 12.1. The lowest BCUT2D eigenvalue weighted by Crippen LogP contribution is -2.58. The van der Waals surface area contributed by atoms with Gasteiger partial charge in [-0.25, -0.2) is 20.0 Å². The molecule has 0 bridgehead atoms. The lowest BCUT2D eigenvalue weighted by atomic mass is 10.0. The number of benzene rings is 2. The minimum absolute atomic E-state index is 0.0329. The van der Waals surface area contributed by atoms with E-state index in [4.69, 9.17) is 32.7 Å². The molecule has 0 amide bonds. The highest BCUT2D eigenvalue weighted by Crippen LogP contribution is 2.38. The molecule has 1 N–H and O–H groups in total. The highest BCUT2D eigenvalue weighted by Gasteiger charge is 2.49. The first kappa shape index (κ1) is 28.3. The predicted molar refractivity (Wildman–Crippen MR) is 150 cm³/mol. The van der Waals surface area contributed by atoms with Crippen molar-refractivity contribution in [3.8, 4) is 0 Å². The Balaban J connectivity index is 1.82. The molecule has 10 nitrogen and oxygen atoms in total. The number of esters is 2. The number of nitrogens with zero attached hydrogens (tertiary/aromatic N) is 5. The van der Waals surface area contributed by atoms with Gasteiger partial charge in [-0.3, -0.25) is 5.01 Å². The molecule has 0 radical (unpaired) electrons. The van der Waals surface area contributed by atoms with E-state index in [-0.39, 0.29) is 31.3 Å². The van der Waals surface area contributed by atoms with Gasteiger partial charge in [0.15, 0.2) is 11.4 Å². The van der Waals surface area contributed by atoms with E-state index in [0.29, 0.717) is 32.6 Å². The van der Waals surface area contributed by atoms with Crippen LogP contribution in [0.2, 0.25) is 10.0 Å². The monoisotopic (exact) mass is 570 g/mol. The third kappa shape index (κ3) is 5.98. The van der Waals surface area contributed by atoms with E-state index in [2.05, 4.69) is 20.8 Å². The largest absolute Gasteiger partial charge is 0.461 e. The van der Waals surface area contributed by atoms with Gasteiger partial charge >= 0.3 is 11.9 Å². The SMILES string of the molecule is CCOC(=O)C1=NN(c2ccc(Cl)cc2)C2(C)C=C(C)/C(=C(/N=Nc3ccc(Cl)cc3)C(=O)OCC)CNN12. The highest BCUT2D eigenvalue weighted by molar-refractivity contribution is 6.36. The average molecular weight is 571 g/mol. The molecule has 12 heteroatoms. The van der Waals surface area contributed by atoms with Crippen LogP contribution in [-0.2, 0) is 19.1 Å². The second-order valence-electron chi connectivity index (χ2n) is 8.75. The molecule has 0 aliphatic carbocycles. The molecule has 2 aromatic rings. The summed E-state index contributed by atoms with van der Waals surface area (Å²) in [7, 11) is 0. The Labute approximate surface area is 236 Å². The quantitative estimate of drug-likeness (QED) is 0.255. The van der Waals surface area contributed by atoms with E-state index in [0.717, 1.165) is 0 Å². The van der Waals surface area contributed by atoms with Crippen LogP contribution in [0.15, 0.2) is 86.8 Å². The maximum Gasteiger partial charge on any atom is 0.377 e. The van der Waals surface area contributed by atoms with Gasteiger partial charge < -0.3 is 9.47 Å². The summed E-state index contributed by atoms with van der Waals surface area (Å²) in [5, 5.41) is 17.6. The summed E-state index contributed by atoms with van der Waals surface area (Å²) in [6.07, 6.45) is 1.89. The predicted octanol–water partition coefficient (Wildman–Crippen LogP) is 5.77. The zero-order chi connectivity index (χ0) is 28.2. The van der Waals surface area contributed by atoms with Crippen LogP contribution in [0.4, 0.5) is 11.4 Å². The van der Waals surface area contributed by atoms with E-state index in [1.165, 1.54) is 0 Å². The number of anilines is 1. The Morgan fingerprint density at radius 3 is 2.26 bits per heavy atom. The van der Waals surface area contributed by atoms with Crippen LogP contribution < -0.4 is 10.4 Å². The van der Waals surface area contributed by atoms with E-state index < -0.39 is 17.6 Å². The molecule has 2 aromatic carbocycles. The molecule has 0 aromatic heterocycles. The van der Waals surface area contributed by atoms with Gasteiger partial charge in [0, 0.05) is 22.2 Å². The van der Waals surface area contributed by atoms with Crippen LogP contribution >= 0.6 is 23.2 Å². The zero-order valence-electron chi connectivity index (χ0n) is 21.9. The molecule has 4 rings (SSSR count). The third-order valence-electron chi connectivity index (χ3n) is 6.04.